The maximum Gasteiger partial charge on any atom is 0.310 e. The van der Waals surface area contributed by atoms with E-state index in [0.717, 1.165) is 0 Å². The number of aromatic nitrogens is 1. The van der Waals surface area contributed by atoms with E-state index in [1.54, 1.807) is 6.07 Å². The van der Waals surface area contributed by atoms with Crippen LogP contribution in [-0.4, -0.2) is 18.1 Å². The molecule has 0 fully saturated rings. The highest BCUT2D eigenvalue weighted by atomic mass is 79.9. The molecule has 0 saturated heterocycles. The first kappa shape index (κ1) is 10.7. The van der Waals surface area contributed by atoms with Gasteiger partial charge in [0.15, 0.2) is 0 Å². The summed E-state index contributed by atoms with van der Waals surface area (Å²) < 4.78 is 5.07. The van der Waals surface area contributed by atoms with Crippen LogP contribution in [0.2, 0.25) is 0 Å². The quantitative estimate of drug-likeness (QED) is 0.592. The number of carbonyl (C=O) groups excluding carboxylic acids is 1. The molecule has 14 heavy (non-hydrogen) atoms. The summed E-state index contributed by atoms with van der Waals surface area (Å²) in [5, 5.41) is 8.78. The topological polar surface area (TPSA) is 63.0 Å². The zero-order valence-corrected chi connectivity index (χ0v) is 9.04. The van der Waals surface area contributed by atoms with Crippen LogP contribution in [0.3, 0.4) is 0 Å². The number of nitrogens with zero attached hydrogens (tertiary/aromatic N) is 2. The van der Waals surface area contributed by atoms with Crippen LogP contribution in [0.1, 0.15) is 11.1 Å². The third-order valence-corrected chi connectivity index (χ3v) is 2.07. The van der Waals surface area contributed by atoms with Crippen molar-refractivity contribution in [3.63, 3.8) is 0 Å². The van der Waals surface area contributed by atoms with E-state index in [0.29, 0.717) is 15.7 Å². The summed E-state index contributed by atoms with van der Waals surface area (Å²) in [5.41, 5.74) is 1.000. The predicted molar refractivity (Wildman–Crippen MR) is 52.4 cm³/mol. The predicted octanol–water partition coefficient (Wildman–Crippen LogP) is 1.43. The Balaban J connectivity index is 2.98. The standard InChI is InChI=1S/C9H7BrN2O2/c1-14-9(13)3-7-5-12-8(10)2-6(7)4-11/h2,5H,3H2,1H3. The molecule has 0 atom stereocenters. The lowest BCUT2D eigenvalue weighted by Gasteiger charge is -2.01. The van der Waals surface area contributed by atoms with Crippen molar-refractivity contribution < 1.29 is 9.53 Å². The van der Waals surface area contributed by atoms with Gasteiger partial charge >= 0.3 is 5.97 Å². The molecule has 4 nitrogen and oxygen atoms in total. The Morgan fingerprint density at radius 1 is 1.79 bits per heavy atom. The summed E-state index contributed by atoms with van der Waals surface area (Å²) in [7, 11) is 1.31. The minimum Gasteiger partial charge on any atom is -0.469 e. The van der Waals surface area contributed by atoms with Gasteiger partial charge in [-0.1, -0.05) is 0 Å². The van der Waals surface area contributed by atoms with Gasteiger partial charge in [-0.25, -0.2) is 4.98 Å². The molecular formula is C9H7BrN2O2. The zero-order valence-electron chi connectivity index (χ0n) is 7.45. The van der Waals surface area contributed by atoms with Crippen LogP contribution >= 0.6 is 15.9 Å². The maximum atomic E-state index is 11.0. The highest BCUT2D eigenvalue weighted by molar-refractivity contribution is 9.10. The average molecular weight is 255 g/mol. The smallest absolute Gasteiger partial charge is 0.310 e. The number of rotatable bonds is 2. The van der Waals surface area contributed by atoms with Crippen LogP contribution in [0, 0.1) is 11.3 Å². The van der Waals surface area contributed by atoms with E-state index in [2.05, 4.69) is 25.7 Å². The molecule has 0 amide bonds. The minimum atomic E-state index is -0.384. The lowest BCUT2D eigenvalue weighted by Crippen LogP contribution is -2.06. The van der Waals surface area contributed by atoms with Crippen molar-refractivity contribution >= 4 is 21.9 Å². The number of methoxy groups -OCH3 is 1. The van der Waals surface area contributed by atoms with Gasteiger partial charge in [-0.3, -0.25) is 4.79 Å². The summed E-state index contributed by atoms with van der Waals surface area (Å²) in [5.74, 6) is -0.384. The van der Waals surface area contributed by atoms with Crippen LogP contribution < -0.4 is 0 Å². The van der Waals surface area contributed by atoms with Crippen LogP contribution in [-0.2, 0) is 16.0 Å². The van der Waals surface area contributed by atoms with Gasteiger partial charge in [-0.15, -0.1) is 0 Å². The van der Waals surface area contributed by atoms with E-state index in [1.165, 1.54) is 13.3 Å². The normalized spacial score (nSPS) is 9.21. The van der Waals surface area contributed by atoms with Crippen LogP contribution in [0.5, 0.6) is 0 Å². The first-order valence-corrected chi connectivity index (χ1v) is 4.58. The highest BCUT2D eigenvalue weighted by Gasteiger charge is 2.08. The molecule has 0 aliphatic rings. The molecule has 72 valence electrons. The Hall–Kier alpha value is -1.41. The number of hydrogen-bond donors (Lipinski definition) is 0. The molecule has 0 spiro atoms. The molecule has 1 heterocycles. The minimum absolute atomic E-state index is 0.0691. The molecule has 0 radical (unpaired) electrons. The maximum absolute atomic E-state index is 11.0. The van der Waals surface area contributed by atoms with Gasteiger partial charge in [0.25, 0.3) is 0 Å². The molecule has 0 aliphatic heterocycles. The first-order valence-electron chi connectivity index (χ1n) is 3.78. The van der Waals surface area contributed by atoms with Crippen molar-refractivity contribution in [2.24, 2.45) is 0 Å². The summed E-state index contributed by atoms with van der Waals surface area (Å²) >= 11 is 3.14. The van der Waals surface area contributed by atoms with E-state index in [4.69, 9.17) is 5.26 Å². The molecule has 1 rings (SSSR count). The zero-order chi connectivity index (χ0) is 10.6. The second-order valence-electron chi connectivity index (χ2n) is 2.53. The lowest BCUT2D eigenvalue weighted by atomic mass is 10.1. The Morgan fingerprint density at radius 2 is 2.50 bits per heavy atom. The van der Waals surface area contributed by atoms with E-state index in [9.17, 15) is 4.79 Å². The van der Waals surface area contributed by atoms with Gasteiger partial charge in [0.05, 0.1) is 25.2 Å². The van der Waals surface area contributed by atoms with Crippen molar-refractivity contribution in [1.82, 2.24) is 4.98 Å². The SMILES string of the molecule is COC(=O)Cc1cnc(Br)cc1C#N. The number of hydrogen-bond acceptors (Lipinski definition) is 4. The molecule has 0 N–H and O–H groups in total. The van der Waals surface area contributed by atoms with Crippen molar-refractivity contribution in [2.45, 2.75) is 6.42 Å². The molecule has 0 bridgehead atoms. The Morgan fingerprint density at radius 3 is 3.07 bits per heavy atom. The Labute approximate surface area is 89.6 Å². The number of carbonyl (C=O) groups is 1. The molecular weight excluding hydrogens is 248 g/mol. The van der Waals surface area contributed by atoms with Gasteiger partial charge in [0.1, 0.15) is 4.60 Å². The number of esters is 1. The van der Waals surface area contributed by atoms with E-state index in [-0.39, 0.29) is 12.4 Å². The number of nitriles is 1. The van der Waals surface area contributed by atoms with Crippen LogP contribution in [0.25, 0.3) is 0 Å². The highest BCUT2D eigenvalue weighted by Crippen LogP contribution is 2.13. The molecule has 5 heteroatoms. The number of ether oxygens (including phenoxy) is 1. The van der Waals surface area contributed by atoms with E-state index >= 15 is 0 Å². The Bertz CT molecular complexity index is 398. The number of halogens is 1. The molecule has 0 saturated carbocycles. The fraction of sp³-hybridized carbons (Fsp3) is 0.222. The fourth-order valence-corrected chi connectivity index (χ4v) is 1.26. The van der Waals surface area contributed by atoms with Crippen molar-refractivity contribution in [3.05, 3.63) is 28.0 Å². The summed E-state index contributed by atoms with van der Waals surface area (Å²) in [6.45, 7) is 0. The third kappa shape index (κ3) is 2.54. The van der Waals surface area contributed by atoms with Gasteiger partial charge in [-0.2, -0.15) is 5.26 Å². The van der Waals surface area contributed by atoms with Crippen molar-refractivity contribution in [3.8, 4) is 6.07 Å². The van der Waals surface area contributed by atoms with Crippen molar-refractivity contribution in [1.29, 1.82) is 5.26 Å². The van der Waals surface area contributed by atoms with Crippen LogP contribution in [0.4, 0.5) is 0 Å². The fourth-order valence-electron chi connectivity index (χ4n) is 0.931. The van der Waals surface area contributed by atoms with Crippen LogP contribution in [0.15, 0.2) is 16.9 Å². The van der Waals surface area contributed by atoms with Gasteiger partial charge in [0.2, 0.25) is 0 Å². The van der Waals surface area contributed by atoms with Crippen molar-refractivity contribution in [2.75, 3.05) is 7.11 Å². The second kappa shape index (κ2) is 4.72. The molecule has 0 unspecified atom stereocenters. The molecule has 1 aromatic rings. The molecule has 0 aliphatic carbocycles. The molecule has 1 aromatic heterocycles. The van der Waals surface area contributed by atoms with E-state index < -0.39 is 0 Å². The Kier molecular flexibility index (Phi) is 3.60. The second-order valence-corrected chi connectivity index (χ2v) is 3.34. The largest absolute Gasteiger partial charge is 0.469 e. The summed E-state index contributed by atoms with van der Waals surface area (Å²) in [6, 6.07) is 3.56. The molecule has 0 aromatic carbocycles. The first-order chi connectivity index (χ1) is 6.67. The van der Waals surface area contributed by atoms with Gasteiger partial charge in [0, 0.05) is 6.20 Å². The van der Waals surface area contributed by atoms with Gasteiger partial charge in [-0.05, 0) is 27.6 Å². The summed E-state index contributed by atoms with van der Waals surface area (Å²) in [6.07, 6.45) is 1.55. The summed E-state index contributed by atoms with van der Waals surface area (Å²) in [4.78, 5) is 14.9. The lowest BCUT2D eigenvalue weighted by molar-refractivity contribution is -0.139. The van der Waals surface area contributed by atoms with Gasteiger partial charge < -0.3 is 4.74 Å². The monoisotopic (exact) mass is 254 g/mol. The third-order valence-electron chi connectivity index (χ3n) is 1.64. The average Bonchev–Trinajstić information content (AvgIpc) is 2.20. The number of pyridine rings is 1. The van der Waals surface area contributed by atoms with E-state index in [1.807, 2.05) is 6.07 Å².